The second-order valence-corrected chi connectivity index (χ2v) is 7.48. The zero-order chi connectivity index (χ0) is 16.9. The number of fused-ring (bicyclic) bond motifs is 1. The standard InChI is InChI=1S/C19H25N3OS/c1-14(22-9-7-18-16(13-22)8-10-24-18)12-21-19(23)17(20)11-15-5-3-2-4-6-15/h2-6,8,10,14,17H,7,9,11-13,20H2,1H3,(H,21,23). The van der Waals surface area contributed by atoms with Gasteiger partial charge in [-0.15, -0.1) is 11.3 Å². The Balaban J connectivity index is 1.45. The SMILES string of the molecule is CC(CNC(=O)C(N)Cc1ccccc1)N1CCc2sccc2C1. The average Bonchev–Trinajstić information content (AvgIpc) is 3.07. The number of rotatable bonds is 6. The molecule has 3 rings (SSSR count). The number of carbonyl (C=O) groups is 1. The van der Waals surface area contributed by atoms with Gasteiger partial charge in [0, 0.05) is 30.6 Å². The van der Waals surface area contributed by atoms with Crippen LogP contribution in [0, 0.1) is 0 Å². The summed E-state index contributed by atoms with van der Waals surface area (Å²) in [4.78, 5) is 16.2. The predicted octanol–water partition coefficient (Wildman–Crippen LogP) is 2.18. The quantitative estimate of drug-likeness (QED) is 0.845. The Morgan fingerprint density at radius 3 is 2.92 bits per heavy atom. The Kier molecular flexibility index (Phi) is 5.66. The van der Waals surface area contributed by atoms with E-state index in [0.29, 0.717) is 19.0 Å². The van der Waals surface area contributed by atoms with Crippen LogP contribution in [0.2, 0.25) is 0 Å². The van der Waals surface area contributed by atoms with E-state index in [9.17, 15) is 4.79 Å². The van der Waals surface area contributed by atoms with Gasteiger partial charge in [0.15, 0.2) is 0 Å². The number of benzene rings is 1. The second-order valence-electron chi connectivity index (χ2n) is 6.48. The molecule has 1 amide bonds. The molecule has 2 aromatic rings. The van der Waals surface area contributed by atoms with E-state index in [4.69, 9.17) is 5.73 Å². The predicted molar refractivity (Wildman–Crippen MR) is 99.0 cm³/mol. The van der Waals surface area contributed by atoms with Gasteiger partial charge in [-0.25, -0.2) is 0 Å². The highest BCUT2D eigenvalue weighted by atomic mass is 32.1. The molecule has 0 saturated carbocycles. The van der Waals surface area contributed by atoms with Gasteiger partial charge >= 0.3 is 0 Å². The topological polar surface area (TPSA) is 58.4 Å². The molecule has 24 heavy (non-hydrogen) atoms. The van der Waals surface area contributed by atoms with E-state index >= 15 is 0 Å². The van der Waals surface area contributed by atoms with Gasteiger partial charge in [-0.05, 0) is 42.3 Å². The van der Waals surface area contributed by atoms with E-state index in [1.807, 2.05) is 41.7 Å². The van der Waals surface area contributed by atoms with E-state index in [0.717, 1.165) is 25.1 Å². The molecule has 1 aromatic carbocycles. The van der Waals surface area contributed by atoms with Crippen molar-refractivity contribution in [3.05, 3.63) is 57.8 Å². The number of hydrogen-bond acceptors (Lipinski definition) is 4. The first kappa shape index (κ1) is 17.1. The maximum atomic E-state index is 12.2. The molecule has 0 saturated heterocycles. The molecule has 1 aliphatic heterocycles. The summed E-state index contributed by atoms with van der Waals surface area (Å²) in [7, 11) is 0. The number of amides is 1. The summed E-state index contributed by atoms with van der Waals surface area (Å²) < 4.78 is 0. The van der Waals surface area contributed by atoms with E-state index in [1.165, 1.54) is 10.4 Å². The normalized spacial score (nSPS) is 17.1. The summed E-state index contributed by atoms with van der Waals surface area (Å²) in [5.41, 5.74) is 8.57. The minimum atomic E-state index is -0.496. The Bertz CT molecular complexity index is 670. The Morgan fingerprint density at radius 1 is 1.33 bits per heavy atom. The van der Waals surface area contributed by atoms with Crippen LogP contribution in [0.25, 0.3) is 0 Å². The zero-order valence-corrected chi connectivity index (χ0v) is 14.9. The summed E-state index contributed by atoms with van der Waals surface area (Å²) in [6, 6.07) is 11.9. The van der Waals surface area contributed by atoms with Gasteiger partial charge < -0.3 is 11.1 Å². The highest BCUT2D eigenvalue weighted by Crippen LogP contribution is 2.24. The molecule has 0 spiro atoms. The van der Waals surface area contributed by atoms with Crippen LogP contribution < -0.4 is 11.1 Å². The van der Waals surface area contributed by atoms with Crippen molar-refractivity contribution in [2.45, 2.75) is 38.4 Å². The van der Waals surface area contributed by atoms with Crippen molar-refractivity contribution in [1.29, 1.82) is 0 Å². The van der Waals surface area contributed by atoms with Gasteiger partial charge in [-0.1, -0.05) is 30.3 Å². The smallest absolute Gasteiger partial charge is 0.237 e. The number of nitrogens with one attached hydrogen (secondary N) is 1. The largest absolute Gasteiger partial charge is 0.353 e. The van der Waals surface area contributed by atoms with Crippen LogP contribution in [-0.2, 0) is 24.2 Å². The first-order valence-corrected chi connectivity index (χ1v) is 9.38. The Hall–Kier alpha value is -1.69. The van der Waals surface area contributed by atoms with E-state index in [2.05, 4.69) is 28.6 Å². The van der Waals surface area contributed by atoms with Crippen molar-refractivity contribution in [3.8, 4) is 0 Å². The lowest BCUT2D eigenvalue weighted by Crippen LogP contribution is -2.48. The van der Waals surface area contributed by atoms with Gasteiger partial charge in [0.25, 0.3) is 0 Å². The molecule has 2 unspecified atom stereocenters. The van der Waals surface area contributed by atoms with Gasteiger partial charge in [0.05, 0.1) is 6.04 Å². The molecule has 1 aliphatic rings. The summed E-state index contributed by atoms with van der Waals surface area (Å²) in [6.45, 7) is 4.84. The average molecular weight is 343 g/mol. The van der Waals surface area contributed by atoms with Crippen molar-refractivity contribution in [1.82, 2.24) is 10.2 Å². The van der Waals surface area contributed by atoms with Crippen LogP contribution in [0.3, 0.4) is 0 Å². The van der Waals surface area contributed by atoms with Crippen LogP contribution in [0.1, 0.15) is 22.9 Å². The third-order valence-electron chi connectivity index (χ3n) is 4.67. The third-order valence-corrected chi connectivity index (χ3v) is 5.69. The number of hydrogen-bond donors (Lipinski definition) is 2. The van der Waals surface area contributed by atoms with Crippen LogP contribution >= 0.6 is 11.3 Å². The van der Waals surface area contributed by atoms with Gasteiger partial charge in [-0.3, -0.25) is 9.69 Å². The first-order valence-electron chi connectivity index (χ1n) is 8.50. The zero-order valence-electron chi connectivity index (χ0n) is 14.1. The Labute approximate surface area is 147 Å². The summed E-state index contributed by atoms with van der Waals surface area (Å²) >= 11 is 1.85. The van der Waals surface area contributed by atoms with E-state index in [-0.39, 0.29) is 5.91 Å². The molecule has 2 atom stereocenters. The van der Waals surface area contributed by atoms with E-state index in [1.54, 1.807) is 0 Å². The van der Waals surface area contributed by atoms with E-state index < -0.39 is 6.04 Å². The molecule has 0 fully saturated rings. The molecule has 0 radical (unpaired) electrons. The molecule has 5 heteroatoms. The Morgan fingerprint density at radius 2 is 2.12 bits per heavy atom. The second kappa shape index (κ2) is 7.92. The molecule has 3 N–H and O–H groups in total. The fourth-order valence-corrected chi connectivity index (χ4v) is 4.01. The molecular formula is C19H25N3OS. The number of carbonyl (C=O) groups excluding carboxylic acids is 1. The lowest BCUT2D eigenvalue weighted by molar-refractivity contribution is -0.122. The molecule has 1 aromatic heterocycles. The lowest BCUT2D eigenvalue weighted by atomic mass is 10.1. The highest BCUT2D eigenvalue weighted by molar-refractivity contribution is 7.10. The number of thiophene rings is 1. The fourth-order valence-electron chi connectivity index (χ4n) is 3.12. The first-order chi connectivity index (χ1) is 11.6. The van der Waals surface area contributed by atoms with Gasteiger partial charge in [0.2, 0.25) is 5.91 Å². The molecule has 0 aliphatic carbocycles. The minimum Gasteiger partial charge on any atom is -0.353 e. The number of nitrogens with zero attached hydrogens (tertiary/aromatic N) is 1. The van der Waals surface area contributed by atoms with Crippen molar-refractivity contribution < 1.29 is 4.79 Å². The van der Waals surface area contributed by atoms with Gasteiger partial charge in [0.1, 0.15) is 0 Å². The van der Waals surface area contributed by atoms with Crippen molar-refractivity contribution in [3.63, 3.8) is 0 Å². The molecule has 128 valence electrons. The summed E-state index contributed by atoms with van der Waals surface area (Å²) in [5.74, 6) is -0.0704. The lowest BCUT2D eigenvalue weighted by Gasteiger charge is -2.32. The van der Waals surface area contributed by atoms with Crippen molar-refractivity contribution >= 4 is 17.2 Å². The third kappa shape index (κ3) is 4.23. The monoisotopic (exact) mass is 343 g/mol. The van der Waals surface area contributed by atoms with Crippen molar-refractivity contribution in [2.24, 2.45) is 5.73 Å². The van der Waals surface area contributed by atoms with Crippen LogP contribution in [0.4, 0.5) is 0 Å². The molecular weight excluding hydrogens is 318 g/mol. The molecule has 0 bridgehead atoms. The summed E-state index contributed by atoms with van der Waals surface area (Å²) in [6.07, 6.45) is 1.68. The molecule has 4 nitrogen and oxygen atoms in total. The number of nitrogens with two attached hydrogens (primary N) is 1. The minimum absolute atomic E-state index is 0.0704. The maximum Gasteiger partial charge on any atom is 0.237 e. The molecule has 2 heterocycles. The summed E-state index contributed by atoms with van der Waals surface area (Å²) in [5, 5.41) is 5.18. The van der Waals surface area contributed by atoms with Crippen LogP contribution in [0.15, 0.2) is 41.8 Å². The maximum absolute atomic E-state index is 12.2. The van der Waals surface area contributed by atoms with Crippen LogP contribution in [0.5, 0.6) is 0 Å². The fraction of sp³-hybridized carbons (Fsp3) is 0.421. The van der Waals surface area contributed by atoms with Crippen molar-refractivity contribution in [2.75, 3.05) is 13.1 Å². The van der Waals surface area contributed by atoms with Crippen LogP contribution in [-0.4, -0.2) is 36.0 Å². The van der Waals surface area contributed by atoms with Gasteiger partial charge in [-0.2, -0.15) is 0 Å². The highest BCUT2D eigenvalue weighted by Gasteiger charge is 2.22.